The summed E-state index contributed by atoms with van der Waals surface area (Å²) >= 11 is 0. The van der Waals surface area contributed by atoms with Crippen molar-refractivity contribution < 1.29 is 4.79 Å². The number of carbonyl (C=O) groups is 1. The van der Waals surface area contributed by atoms with Crippen LogP contribution in [0.1, 0.15) is 34.5 Å². The van der Waals surface area contributed by atoms with Crippen LogP contribution in [0.3, 0.4) is 0 Å². The van der Waals surface area contributed by atoms with Gasteiger partial charge in [0.1, 0.15) is 0 Å². The summed E-state index contributed by atoms with van der Waals surface area (Å²) in [6, 6.07) is 7.60. The Bertz CT molecular complexity index is 557. The zero-order chi connectivity index (χ0) is 11.7. The first kappa shape index (κ1) is 10.3. The van der Waals surface area contributed by atoms with Crippen LogP contribution in [-0.4, -0.2) is 16.1 Å². The van der Waals surface area contributed by atoms with Crippen LogP contribution in [0, 0.1) is 0 Å². The number of rotatable bonds is 2. The Labute approximate surface area is 100 Å². The maximum atomic E-state index is 11.0. The van der Waals surface area contributed by atoms with E-state index in [0.29, 0.717) is 5.56 Å². The number of hydrogen-bond acceptors (Lipinski definition) is 2. The second-order valence-electron chi connectivity index (χ2n) is 4.41. The molecule has 2 aromatic rings. The molecule has 0 atom stereocenters. The Kier molecular flexibility index (Phi) is 2.52. The molecule has 1 aromatic carbocycles. The van der Waals surface area contributed by atoms with Crippen molar-refractivity contribution in [3.05, 3.63) is 47.3 Å². The molecule has 0 unspecified atom stereocenters. The lowest BCUT2D eigenvalue weighted by Gasteiger charge is -2.14. The maximum absolute atomic E-state index is 11.0. The molecule has 1 aliphatic rings. The molecule has 0 radical (unpaired) electrons. The molecule has 0 N–H and O–H groups in total. The Morgan fingerprint density at radius 3 is 2.88 bits per heavy atom. The Balaban J connectivity index is 2.15. The first-order valence-electron chi connectivity index (χ1n) is 6.00. The van der Waals surface area contributed by atoms with Crippen LogP contribution in [0.4, 0.5) is 0 Å². The van der Waals surface area contributed by atoms with E-state index in [9.17, 15) is 4.79 Å². The lowest BCUT2D eigenvalue weighted by molar-refractivity contribution is 0.112. The van der Waals surface area contributed by atoms with Crippen LogP contribution in [0.5, 0.6) is 0 Å². The fourth-order valence-electron chi connectivity index (χ4n) is 2.48. The van der Waals surface area contributed by atoms with E-state index in [-0.39, 0.29) is 0 Å². The second-order valence-corrected chi connectivity index (χ2v) is 4.41. The van der Waals surface area contributed by atoms with E-state index < -0.39 is 0 Å². The van der Waals surface area contributed by atoms with Crippen molar-refractivity contribution in [3.8, 4) is 5.69 Å². The van der Waals surface area contributed by atoms with Crippen molar-refractivity contribution in [2.24, 2.45) is 0 Å². The predicted molar refractivity (Wildman–Crippen MR) is 65.6 cm³/mol. The van der Waals surface area contributed by atoms with Gasteiger partial charge in [-0.1, -0.05) is 12.1 Å². The minimum atomic E-state index is 0.698. The van der Waals surface area contributed by atoms with E-state index in [1.165, 1.54) is 24.1 Å². The molecule has 1 heterocycles. The Morgan fingerprint density at radius 1 is 1.18 bits per heavy atom. The molecule has 17 heavy (non-hydrogen) atoms. The lowest BCUT2D eigenvalue weighted by Crippen LogP contribution is -2.09. The molecule has 0 aliphatic heterocycles. The van der Waals surface area contributed by atoms with E-state index in [1.807, 2.05) is 35.1 Å². The number of para-hydroxylation sites is 1. The van der Waals surface area contributed by atoms with Crippen LogP contribution in [0.15, 0.2) is 30.5 Å². The van der Waals surface area contributed by atoms with Gasteiger partial charge in [-0.2, -0.15) is 5.10 Å². The Hall–Kier alpha value is -1.90. The summed E-state index contributed by atoms with van der Waals surface area (Å²) in [7, 11) is 0. The van der Waals surface area contributed by atoms with Crippen LogP contribution in [-0.2, 0) is 12.8 Å². The summed E-state index contributed by atoms with van der Waals surface area (Å²) in [6.07, 6.45) is 7.46. The zero-order valence-corrected chi connectivity index (χ0v) is 9.60. The quantitative estimate of drug-likeness (QED) is 0.738. The van der Waals surface area contributed by atoms with E-state index >= 15 is 0 Å². The maximum Gasteiger partial charge on any atom is 0.152 e. The fourth-order valence-corrected chi connectivity index (χ4v) is 2.48. The van der Waals surface area contributed by atoms with Gasteiger partial charge in [-0.15, -0.1) is 0 Å². The average Bonchev–Trinajstić information content (AvgIpc) is 2.82. The molecule has 1 aromatic heterocycles. The summed E-state index contributed by atoms with van der Waals surface area (Å²) in [5, 5.41) is 4.43. The van der Waals surface area contributed by atoms with Crippen molar-refractivity contribution >= 4 is 6.29 Å². The summed E-state index contributed by atoms with van der Waals surface area (Å²) in [6.45, 7) is 0. The molecular weight excluding hydrogens is 212 g/mol. The summed E-state index contributed by atoms with van der Waals surface area (Å²) in [4.78, 5) is 11.0. The van der Waals surface area contributed by atoms with Gasteiger partial charge in [0.15, 0.2) is 6.29 Å². The standard InChI is InChI=1S/C14H14N2O/c17-10-12-6-2-4-8-14(12)16-13-7-3-1-5-11(13)9-15-16/h2,4,6,8-10H,1,3,5,7H2. The molecule has 0 amide bonds. The first-order chi connectivity index (χ1) is 8.40. The third-order valence-corrected chi connectivity index (χ3v) is 3.36. The van der Waals surface area contributed by atoms with Gasteiger partial charge >= 0.3 is 0 Å². The van der Waals surface area contributed by atoms with Gasteiger partial charge in [0.2, 0.25) is 0 Å². The smallest absolute Gasteiger partial charge is 0.152 e. The molecule has 3 rings (SSSR count). The number of aromatic nitrogens is 2. The largest absolute Gasteiger partial charge is 0.298 e. The molecule has 0 bridgehead atoms. The van der Waals surface area contributed by atoms with Crippen LogP contribution in [0.2, 0.25) is 0 Å². The molecule has 0 spiro atoms. The third kappa shape index (κ3) is 1.68. The minimum Gasteiger partial charge on any atom is -0.298 e. The van der Waals surface area contributed by atoms with Gasteiger partial charge in [-0.3, -0.25) is 4.79 Å². The normalized spacial score (nSPS) is 14.4. The summed E-state index contributed by atoms with van der Waals surface area (Å²) in [5.74, 6) is 0. The molecule has 0 saturated carbocycles. The monoisotopic (exact) mass is 226 g/mol. The summed E-state index contributed by atoms with van der Waals surface area (Å²) < 4.78 is 1.93. The molecule has 86 valence electrons. The van der Waals surface area contributed by atoms with Crippen LogP contribution >= 0.6 is 0 Å². The predicted octanol–water partition coefficient (Wildman–Crippen LogP) is 2.56. The van der Waals surface area contributed by atoms with E-state index in [0.717, 1.165) is 24.8 Å². The Morgan fingerprint density at radius 2 is 2.00 bits per heavy atom. The average molecular weight is 226 g/mol. The first-order valence-corrected chi connectivity index (χ1v) is 6.00. The van der Waals surface area contributed by atoms with Crippen LogP contribution in [0.25, 0.3) is 5.69 Å². The highest BCUT2D eigenvalue weighted by molar-refractivity contribution is 5.80. The topological polar surface area (TPSA) is 34.9 Å². The van der Waals surface area contributed by atoms with Gasteiger partial charge in [0.05, 0.1) is 11.9 Å². The summed E-state index contributed by atoms with van der Waals surface area (Å²) in [5.41, 5.74) is 4.19. The van der Waals surface area contributed by atoms with E-state index in [1.54, 1.807) is 0 Å². The van der Waals surface area contributed by atoms with Crippen LogP contribution < -0.4 is 0 Å². The fraction of sp³-hybridized carbons (Fsp3) is 0.286. The lowest BCUT2D eigenvalue weighted by atomic mass is 9.98. The number of aryl methyl sites for hydroxylation is 1. The zero-order valence-electron chi connectivity index (χ0n) is 9.60. The van der Waals surface area contributed by atoms with Crippen molar-refractivity contribution in [1.82, 2.24) is 9.78 Å². The van der Waals surface area contributed by atoms with Gasteiger partial charge in [-0.25, -0.2) is 4.68 Å². The minimum absolute atomic E-state index is 0.698. The number of hydrogen-bond donors (Lipinski definition) is 0. The number of benzene rings is 1. The van der Waals surface area contributed by atoms with Gasteiger partial charge in [0.25, 0.3) is 0 Å². The van der Waals surface area contributed by atoms with Crippen molar-refractivity contribution in [2.45, 2.75) is 25.7 Å². The molecule has 0 saturated heterocycles. The molecule has 1 aliphatic carbocycles. The van der Waals surface area contributed by atoms with Crippen molar-refractivity contribution in [2.75, 3.05) is 0 Å². The number of nitrogens with zero attached hydrogens (tertiary/aromatic N) is 2. The SMILES string of the molecule is O=Cc1ccccc1-n1ncc2c1CCCC2. The molecule has 0 fully saturated rings. The van der Waals surface area contributed by atoms with E-state index in [4.69, 9.17) is 0 Å². The van der Waals surface area contributed by atoms with Crippen molar-refractivity contribution in [1.29, 1.82) is 0 Å². The highest BCUT2D eigenvalue weighted by atomic mass is 16.1. The third-order valence-electron chi connectivity index (χ3n) is 3.36. The molecule has 3 heteroatoms. The van der Waals surface area contributed by atoms with Gasteiger partial charge in [0, 0.05) is 11.3 Å². The van der Waals surface area contributed by atoms with Crippen molar-refractivity contribution in [3.63, 3.8) is 0 Å². The number of fused-ring (bicyclic) bond motifs is 1. The number of carbonyl (C=O) groups excluding carboxylic acids is 1. The molecular formula is C14H14N2O. The number of aldehydes is 1. The van der Waals surface area contributed by atoms with Gasteiger partial charge in [-0.05, 0) is 43.4 Å². The highest BCUT2D eigenvalue weighted by Crippen LogP contribution is 2.24. The highest BCUT2D eigenvalue weighted by Gasteiger charge is 2.17. The van der Waals surface area contributed by atoms with E-state index in [2.05, 4.69) is 5.10 Å². The molecule has 3 nitrogen and oxygen atoms in total. The second kappa shape index (κ2) is 4.17. The van der Waals surface area contributed by atoms with Gasteiger partial charge < -0.3 is 0 Å².